The highest BCUT2D eigenvalue weighted by atomic mass is 32.2. The van der Waals surface area contributed by atoms with Crippen molar-refractivity contribution in [3.8, 4) is 17.1 Å². The van der Waals surface area contributed by atoms with Gasteiger partial charge < -0.3 is 4.74 Å². The van der Waals surface area contributed by atoms with E-state index in [-0.39, 0.29) is 11.4 Å². The summed E-state index contributed by atoms with van der Waals surface area (Å²) in [6.45, 7) is 7.52. The lowest BCUT2D eigenvalue weighted by Gasteiger charge is -2.30. The van der Waals surface area contributed by atoms with Crippen molar-refractivity contribution < 1.29 is 18.3 Å². The lowest BCUT2D eigenvalue weighted by atomic mass is 10.0. The second-order valence-electron chi connectivity index (χ2n) is 8.16. The van der Waals surface area contributed by atoms with Gasteiger partial charge in [-0.3, -0.25) is 9.69 Å². The van der Waals surface area contributed by atoms with Gasteiger partial charge in [-0.2, -0.15) is 4.98 Å². The molecule has 172 valence electrons. The van der Waals surface area contributed by atoms with E-state index < -0.39 is 23.8 Å². The van der Waals surface area contributed by atoms with Crippen LogP contribution in [-0.2, 0) is 11.2 Å². The molecule has 0 N–H and O–H groups in total. The predicted octanol–water partition coefficient (Wildman–Crippen LogP) is 5.57. The molecule has 1 aromatic heterocycles. The highest BCUT2D eigenvalue weighted by molar-refractivity contribution is 7.99. The maximum atomic E-state index is 14.9. The first-order valence-electron chi connectivity index (χ1n) is 10.7. The highest BCUT2D eigenvalue weighted by Crippen LogP contribution is 2.44. The molecule has 4 rings (SSSR count). The molecule has 3 aromatic rings. The zero-order chi connectivity index (χ0) is 23.7. The molecule has 0 radical (unpaired) electrons. The molecular formula is C24H24F2N4O2S. The Bertz CT molecular complexity index is 1210. The topological polar surface area (TPSA) is 68.2 Å². The van der Waals surface area contributed by atoms with E-state index in [1.165, 1.54) is 35.7 Å². The van der Waals surface area contributed by atoms with E-state index in [1.807, 2.05) is 19.1 Å². The molecule has 6 nitrogen and oxygen atoms in total. The number of aromatic nitrogens is 3. The van der Waals surface area contributed by atoms with Crippen LogP contribution in [0.25, 0.3) is 11.3 Å². The standard InChI is InChI=1S/C24H24F2N4O2S/c1-5-15-9-10-19-17(11-15)21-22(27-24(29-28-21)33-12-13(2)3)32-23(30(19)14(4)31)16-7-6-8-18(25)20(16)26/h6-11,13,23H,5,12H2,1-4H3/t23-/m0/s1. The normalized spacial score (nSPS) is 15.0. The van der Waals surface area contributed by atoms with Crippen LogP contribution in [0.5, 0.6) is 5.88 Å². The summed E-state index contributed by atoms with van der Waals surface area (Å²) >= 11 is 1.43. The third-order valence-electron chi connectivity index (χ3n) is 5.21. The number of anilines is 1. The molecule has 0 spiro atoms. The molecule has 2 aromatic carbocycles. The molecule has 0 fully saturated rings. The molecule has 9 heteroatoms. The number of hydrogen-bond donors (Lipinski definition) is 0. The van der Waals surface area contributed by atoms with Gasteiger partial charge in [-0.15, -0.1) is 10.2 Å². The number of rotatable bonds is 5. The second kappa shape index (κ2) is 9.43. The van der Waals surface area contributed by atoms with Gasteiger partial charge in [0, 0.05) is 18.2 Å². The van der Waals surface area contributed by atoms with E-state index in [4.69, 9.17) is 4.74 Å². The summed E-state index contributed by atoms with van der Waals surface area (Å²) < 4.78 is 35.1. The molecule has 0 saturated heterocycles. The Labute approximate surface area is 195 Å². The zero-order valence-electron chi connectivity index (χ0n) is 18.8. The third-order valence-corrected chi connectivity index (χ3v) is 6.47. The fourth-order valence-electron chi connectivity index (χ4n) is 3.59. The summed E-state index contributed by atoms with van der Waals surface area (Å²) in [6, 6.07) is 9.34. The van der Waals surface area contributed by atoms with Gasteiger partial charge in [0.25, 0.3) is 0 Å². The van der Waals surface area contributed by atoms with Crippen LogP contribution in [0, 0.1) is 17.6 Å². The number of ether oxygens (including phenoxy) is 1. The number of nitrogens with zero attached hydrogens (tertiary/aromatic N) is 4. The average Bonchev–Trinajstić information content (AvgIpc) is 2.93. The molecule has 0 bridgehead atoms. The molecular weight excluding hydrogens is 446 g/mol. The third kappa shape index (κ3) is 4.55. The molecule has 1 aliphatic heterocycles. The second-order valence-corrected chi connectivity index (χ2v) is 9.15. The van der Waals surface area contributed by atoms with Gasteiger partial charge in [-0.1, -0.05) is 50.7 Å². The number of carbonyl (C=O) groups is 1. The van der Waals surface area contributed by atoms with Crippen LogP contribution in [0.1, 0.15) is 45.0 Å². The fraction of sp³-hybridized carbons (Fsp3) is 0.333. The molecule has 1 atom stereocenters. The Balaban J connectivity index is 1.94. The lowest BCUT2D eigenvalue weighted by Crippen LogP contribution is -2.36. The summed E-state index contributed by atoms with van der Waals surface area (Å²) in [4.78, 5) is 18.7. The fourth-order valence-corrected chi connectivity index (χ4v) is 4.32. The Hall–Kier alpha value is -3.07. The molecule has 33 heavy (non-hydrogen) atoms. The molecule has 2 heterocycles. The summed E-state index contributed by atoms with van der Waals surface area (Å²) in [5.41, 5.74) is 2.31. The van der Waals surface area contributed by atoms with Gasteiger partial charge in [0.05, 0.1) is 11.3 Å². The van der Waals surface area contributed by atoms with Gasteiger partial charge in [-0.25, -0.2) is 8.78 Å². The maximum Gasteiger partial charge on any atom is 0.247 e. The molecule has 0 unspecified atom stereocenters. The minimum absolute atomic E-state index is 0.112. The summed E-state index contributed by atoms with van der Waals surface area (Å²) in [6.07, 6.45) is -0.514. The van der Waals surface area contributed by atoms with E-state index in [0.717, 1.165) is 23.8 Å². The number of carbonyl (C=O) groups excluding carboxylic acids is 1. The van der Waals surface area contributed by atoms with Gasteiger partial charge in [0.15, 0.2) is 17.3 Å². The van der Waals surface area contributed by atoms with Gasteiger partial charge >= 0.3 is 0 Å². The van der Waals surface area contributed by atoms with Crippen LogP contribution in [-0.4, -0.2) is 26.8 Å². The summed E-state index contributed by atoms with van der Waals surface area (Å²) in [5, 5.41) is 9.02. The largest absolute Gasteiger partial charge is 0.447 e. The van der Waals surface area contributed by atoms with Crippen LogP contribution >= 0.6 is 11.8 Å². The van der Waals surface area contributed by atoms with E-state index in [1.54, 1.807) is 6.07 Å². The first kappa shape index (κ1) is 23.1. The number of amides is 1. The number of hydrogen-bond acceptors (Lipinski definition) is 6. The van der Waals surface area contributed by atoms with Crippen LogP contribution < -0.4 is 9.64 Å². The van der Waals surface area contributed by atoms with Gasteiger partial charge in [-0.05, 0) is 36.1 Å². The summed E-state index contributed by atoms with van der Waals surface area (Å²) in [5.74, 6) is -1.21. The van der Waals surface area contributed by atoms with Crippen molar-refractivity contribution >= 4 is 23.4 Å². The Kier molecular flexibility index (Phi) is 6.60. The Morgan fingerprint density at radius 3 is 2.70 bits per heavy atom. The molecule has 0 aliphatic carbocycles. The van der Waals surface area contributed by atoms with Crippen LogP contribution in [0.3, 0.4) is 0 Å². The first-order valence-corrected chi connectivity index (χ1v) is 11.7. The van der Waals surface area contributed by atoms with Crippen molar-refractivity contribution in [2.45, 2.75) is 45.5 Å². The Morgan fingerprint density at radius 1 is 1.21 bits per heavy atom. The number of halogens is 2. The predicted molar refractivity (Wildman–Crippen MR) is 123 cm³/mol. The van der Waals surface area contributed by atoms with Crippen LogP contribution in [0.4, 0.5) is 14.5 Å². The molecule has 1 amide bonds. The van der Waals surface area contributed by atoms with Crippen LogP contribution in [0.2, 0.25) is 0 Å². The number of fused-ring (bicyclic) bond motifs is 3. The van der Waals surface area contributed by atoms with Crippen molar-refractivity contribution in [3.63, 3.8) is 0 Å². The SMILES string of the molecule is CCc1ccc2c(c1)-c1nnc(SCC(C)C)nc1O[C@@H](c1cccc(F)c1F)N2C(C)=O. The lowest BCUT2D eigenvalue weighted by molar-refractivity contribution is -0.118. The zero-order valence-corrected chi connectivity index (χ0v) is 19.6. The van der Waals surface area contributed by atoms with Crippen molar-refractivity contribution in [2.75, 3.05) is 10.7 Å². The van der Waals surface area contributed by atoms with E-state index in [2.05, 4.69) is 29.0 Å². The minimum Gasteiger partial charge on any atom is -0.447 e. The number of benzene rings is 2. The smallest absolute Gasteiger partial charge is 0.247 e. The van der Waals surface area contributed by atoms with E-state index in [0.29, 0.717) is 28.0 Å². The number of thioether (sulfide) groups is 1. The molecule has 0 saturated carbocycles. The van der Waals surface area contributed by atoms with E-state index in [9.17, 15) is 13.6 Å². The highest BCUT2D eigenvalue weighted by Gasteiger charge is 2.36. The summed E-state index contributed by atoms with van der Waals surface area (Å²) in [7, 11) is 0. The molecule has 1 aliphatic rings. The van der Waals surface area contributed by atoms with Crippen molar-refractivity contribution in [1.29, 1.82) is 0 Å². The average molecular weight is 471 g/mol. The van der Waals surface area contributed by atoms with E-state index >= 15 is 0 Å². The van der Waals surface area contributed by atoms with Crippen molar-refractivity contribution in [3.05, 3.63) is 59.2 Å². The first-order chi connectivity index (χ1) is 15.8. The van der Waals surface area contributed by atoms with Crippen molar-refractivity contribution in [2.24, 2.45) is 5.92 Å². The minimum atomic E-state index is -1.27. The monoisotopic (exact) mass is 470 g/mol. The maximum absolute atomic E-state index is 14.9. The number of aryl methyl sites for hydroxylation is 1. The quantitative estimate of drug-likeness (QED) is 0.454. The van der Waals surface area contributed by atoms with Crippen LogP contribution in [0.15, 0.2) is 41.6 Å². The van der Waals surface area contributed by atoms with Gasteiger partial charge in [0.1, 0.15) is 0 Å². The Morgan fingerprint density at radius 2 is 2.00 bits per heavy atom. The van der Waals surface area contributed by atoms with Crippen molar-refractivity contribution in [1.82, 2.24) is 15.2 Å². The van der Waals surface area contributed by atoms with Gasteiger partial charge in [0.2, 0.25) is 23.2 Å².